The lowest BCUT2D eigenvalue weighted by atomic mass is 10.2. The van der Waals surface area contributed by atoms with Crippen molar-refractivity contribution < 1.29 is 37.4 Å². The highest BCUT2D eigenvalue weighted by Crippen LogP contribution is 2.27. The van der Waals surface area contributed by atoms with Crippen molar-refractivity contribution in [2.45, 2.75) is 58.5 Å². The van der Waals surface area contributed by atoms with E-state index in [0.717, 1.165) is 41.8 Å². The highest BCUT2D eigenvalue weighted by atomic mass is 32.1. The molecule has 1 atom stereocenters. The summed E-state index contributed by atoms with van der Waals surface area (Å²) in [6.45, 7) is 6.11. The number of nitrogens with zero attached hydrogens (tertiary/aromatic N) is 2. The number of nitrogens with one attached hydrogen (secondary N) is 1. The number of hydrogen-bond donors (Lipinski definition) is 1. The Labute approximate surface area is 241 Å². The van der Waals surface area contributed by atoms with Crippen LogP contribution >= 0.6 is 11.3 Å². The summed E-state index contributed by atoms with van der Waals surface area (Å²) in [7, 11) is 0. The van der Waals surface area contributed by atoms with Crippen molar-refractivity contribution in [1.82, 2.24) is 15.4 Å². The lowest BCUT2D eigenvalue weighted by molar-refractivity contribution is -0.186. The molecule has 9 nitrogen and oxygen atoms in total. The second kappa shape index (κ2) is 13.8. The van der Waals surface area contributed by atoms with Crippen molar-refractivity contribution in [2.24, 2.45) is 0 Å². The van der Waals surface area contributed by atoms with Gasteiger partial charge in [0.15, 0.2) is 17.9 Å². The zero-order valence-electron chi connectivity index (χ0n) is 23.2. The van der Waals surface area contributed by atoms with Crippen LogP contribution in [-0.2, 0) is 20.9 Å². The number of rotatable bonds is 10. The van der Waals surface area contributed by atoms with E-state index < -0.39 is 29.6 Å². The molecule has 1 aliphatic rings. The molecule has 1 N–H and O–H groups in total. The molecule has 4 rings (SSSR count). The molecular weight excluding hydrogens is 556 g/mol. The van der Waals surface area contributed by atoms with Gasteiger partial charge in [-0.1, -0.05) is 6.07 Å². The Morgan fingerprint density at radius 1 is 1.15 bits per heavy atom. The van der Waals surface area contributed by atoms with Crippen molar-refractivity contribution in [3.05, 3.63) is 70.7 Å². The summed E-state index contributed by atoms with van der Waals surface area (Å²) in [6, 6.07) is 10.2. The van der Waals surface area contributed by atoms with Crippen LogP contribution in [0, 0.1) is 11.6 Å². The van der Waals surface area contributed by atoms with Crippen molar-refractivity contribution in [3.8, 4) is 16.3 Å². The van der Waals surface area contributed by atoms with Gasteiger partial charge in [-0.15, -0.1) is 11.3 Å². The third-order valence-corrected chi connectivity index (χ3v) is 6.97. The smallest absolute Gasteiger partial charge is 0.410 e. The summed E-state index contributed by atoms with van der Waals surface area (Å²) in [5.74, 6) is -2.00. The van der Waals surface area contributed by atoms with Crippen LogP contribution in [0.25, 0.3) is 10.6 Å². The molecule has 0 spiro atoms. The van der Waals surface area contributed by atoms with Crippen LogP contribution in [0.2, 0.25) is 0 Å². The molecular formula is C29H33F2N3O6S. The number of thiophene rings is 1. The number of halogens is 2. The molecule has 1 aromatic carbocycles. The van der Waals surface area contributed by atoms with Crippen LogP contribution in [0.5, 0.6) is 5.75 Å². The largest absolute Gasteiger partial charge is 0.489 e. The summed E-state index contributed by atoms with van der Waals surface area (Å²) < 4.78 is 43.5. The molecule has 1 saturated heterocycles. The van der Waals surface area contributed by atoms with Crippen LogP contribution in [0.15, 0.2) is 48.7 Å². The molecule has 3 heterocycles. The number of pyridine rings is 1. The van der Waals surface area contributed by atoms with Gasteiger partial charge in [-0.25, -0.2) is 23.9 Å². The van der Waals surface area contributed by atoms with Crippen molar-refractivity contribution in [1.29, 1.82) is 0 Å². The Kier molecular flexibility index (Phi) is 10.2. The Morgan fingerprint density at radius 2 is 1.98 bits per heavy atom. The number of carbonyl (C=O) groups is 2. The van der Waals surface area contributed by atoms with Gasteiger partial charge in [0.1, 0.15) is 18.0 Å². The molecule has 41 heavy (non-hydrogen) atoms. The first-order valence-corrected chi connectivity index (χ1v) is 14.1. The zero-order chi connectivity index (χ0) is 29.4. The number of hydroxylamine groups is 1. The molecule has 2 amide bonds. The van der Waals surface area contributed by atoms with Gasteiger partial charge in [0.2, 0.25) is 0 Å². The fraction of sp³-hybridized carbons (Fsp3) is 0.414. The minimum Gasteiger partial charge on any atom is -0.489 e. The first-order chi connectivity index (χ1) is 19.6. The Balaban J connectivity index is 1.36. The number of amides is 2. The highest BCUT2D eigenvalue weighted by Gasteiger charge is 2.23. The van der Waals surface area contributed by atoms with Crippen LogP contribution < -0.4 is 10.2 Å². The monoisotopic (exact) mass is 589 g/mol. The molecule has 2 aromatic heterocycles. The standard InChI is InChI=1S/C29H33F2N3O6S/c1-29(2,3)39-28(36)34(13-15-37-23-10-8-20(30)16-21(23)31)18-19-7-9-22(32-17-19)24-11-12-25(41-24)27(35)33-40-26-6-4-5-14-38-26/h7-12,16-17,26H,4-6,13-15,18H2,1-3H3,(H,33,35). The van der Waals surface area contributed by atoms with Gasteiger partial charge in [0, 0.05) is 25.3 Å². The second-order valence-electron chi connectivity index (χ2n) is 10.4. The van der Waals surface area contributed by atoms with Crippen LogP contribution in [0.3, 0.4) is 0 Å². The quantitative estimate of drug-likeness (QED) is 0.286. The van der Waals surface area contributed by atoms with Gasteiger partial charge in [-0.05, 0) is 69.5 Å². The molecule has 0 radical (unpaired) electrons. The van der Waals surface area contributed by atoms with E-state index in [1.165, 1.54) is 22.3 Å². The van der Waals surface area contributed by atoms with Gasteiger partial charge >= 0.3 is 6.09 Å². The van der Waals surface area contributed by atoms with Crippen LogP contribution in [0.4, 0.5) is 13.6 Å². The number of carbonyl (C=O) groups excluding carboxylic acids is 2. The van der Waals surface area contributed by atoms with Gasteiger partial charge in [-0.3, -0.25) is 9.78 Å². The maximum atomic E-state index is 13.9. The molecule has 0 saturated carbocycles. The first kappa shape index (κ1) is 30.4. The molecule has 0 aliphatic carbocycles. The predicted octanol–water partition coefficient (Wildman–Crippen LogP) is 6.09. The van der Waals surface area contributed by atoms with E-state index in [9.17, 15) is 18.4 Å². The average molecular weight is 590 g/mol. The third-order valence-electron chi connectivity index (χ3n) is 5.87. The third kappa shape index (κ3) is 9.20. The zero-order valence-corrected chi connectivity index (χ0v) is 24.0. The lowest BCUT2D eigenvalue weighted by Crippen LogP contribution is -2.38. The molecule has 220 valence electrons. The fourth-order valence-corrected chi connectivity index (χ4v) is 4.74. The van der Waals surface area contributed by atoms with Crippen molar-refractivity contribution in [3.63, 3.8) is 0 Å². The van der Waals surface area contributed by atoms with Crippen LogP contribution in [0.1, 0.15) is 55.3 Å². The second-order valence-corrected chi connectivity index (χ2v) is 11.5. The normalized spacial score (nSPS) is 15.3. The van der Waals surface area contributed by atoms with Gasteiger partial charge in [-0.2, -0.15) is 0 Å². The van der Waals surface area contributed by atoms with E-state index in [-0.39, 0.29) is 31.4 Å². The van der Waals surface area contributed by atoms with Crippen molar-refractivity contribution >= 4 is 23.3 Å². The molecule has 0 bridgehead atoms. The maximum Gasteiger partial charge on any atom is 0.410 e. The predicted molar refractivity (Wildman–Crippen MR) is 148 cm³/mol. The van der Waals surface area contributed by atoms with Gasteiger partial charge in [0.05, 0.1) is 28.5 Å². The lowest BCUT2D eigenvalue weighted by Gasteiger charge is -2.27. The van der Waals surface area contributed by atoms with Crippen LogP contribution in [-0.4, -0.2) is 53.5 Å². The Bertz CT molecular complexity index is 1320. The first-order valence-electron chi connectivity index (χ1n) is 13.3. The van der Waals surface area contributed by atoms with E-state index in [1.54, 1.807) is 45.2 Å². The summed E-state index contributed by atoms with van der Waals surface area (Å²) in [4.78, 5) is 37.9. The minimum atomic E-state index is -0.825. The molecule has 1 aliphatic heterocycles. The van der Waals surface area contributed by atoms with E-state index in [4.69, 9.17) is 19.0 Å². The van der Waals surface area contributed by atoms with E-state index in [0.29, 0.717) is 17.2 Å². The van der Waals surface area contributed by atoms with Gasteiger partial charge < -0.3 is 19.1 Å². The number of aromatic nitrogens is 1. The number of ether oxygens (including phenoxy) is 3. The summed E-state index contributed by atoms with van der Waals surface area (Å²) in [5.41, 5.74) is 3.11. The topological polar surface area (TPSA) is 99.2 Å². The number of hydrogen-bond acceptors (Lipinski definition) is 8. The fourth-order valence-electron chi connectivity index (χ4n) is 3.87. The Hall–Kier alpha value is -3.61. The van der Waals surface area contributed by atoms with E-state index >= 15 is 0 Å². The average Bonchev–Trinajstić information content (AvgIpc) is 3.43. The highest BCUT2D eigenvalue weighted by molar-refractivity contribution is 7.17. The summed E-state index contributed by atoms with van der Waals surface area (Å²) in [6.07, 6.45) is 3.34. The maximum absolute atomic E-state index is 13.9. The summed E-state index contributed by atoms with van der Waals surface area (Å²) in [5, 5.41) is 0. The molecule has 1 unspecified atom stereocenters. The van der Waals surface area contributed by atoms with Crippen molar-refractivity contribution in [2.75, 3.05) is 19.8 Å². The SMILES string of the molecule is CC(C)(C)OC(=O)N(CCOc1ccc(F)cc1F)Cc1ccc(-c2ccc(C(=O)NOC3CCCCO3)s2)nc1. The van der Waals surface area contributed by atoms with E-state index in [1.807, 2.05) is 6.07 Å². The summed E-state index contributed by atoms with van der Waals surface area (Å²) >= 11 is 1.27. The molecule has 12 heteroatoms. The molecule has 1 fully saturated rings. The van der Waals surface area contributed by atoms with E-state index in [2.05, 4.69) is 10.5 Å². The van der Waals surface area contributed by atoms with Gasteiger partial charge in [0.25, 0.3) is 5.91 Å². The molecule has 3 aromatic rings. The number of benzene rings is 1. The Morgan fingerprint density at radius 3 is 2.66 bits per heavy atom. The minimum absolute atomic E-state index is 0.0378.